The minimum absolute atomic E-state index is 0.0197. The number of benzene rings is 1. The number of amides is 1. The molecule has 1 heterocycles. The van der Waals surface area contributed by atoms with E-state index in [9.17, 15) is 14.9 Å². The van der Waals surface area contributed by atoms with Crippen molar-refractivity contribution in [3.05, 3.63) is 34.4 Å². The summed E-state index contributed by atoms with van der Waals surface area (Å²) >= 11 is 0. The number of hydrogen-bond acceptors (Lipinski definition) is 5. The number of nitrogens with zero attached hydrogens (tertiary/aromatic N) is 2. The number of para-hydroxylation sites is 2. The van der Waals surface area contributed by atoms with Crippen LogP contribution in [0.25, 0.3) is 0 Å². The molecule has 0 atom stereocenters. The van der Waals surface area contributed by atoms with Crippen LogP contribution in [0.4, 0.5) is 11.4 Å². The third kappa shape index (κ3) is 3.67. The Kier molecular flexibility index (Phi) is 4.89. The molecule has 0 saturated carbocycles. The van der Waals surface area contributed by atoms with Gasteiger partial charge in [-0.15, -0.1) is 0 Å². The Morgan fingerprint density at radius 2 is 2.05 bits per heavy atom. The number of nitro groups is 1. The predicted octanol–water partition coefficient (Wildman–Crippen LogP) is 1.26. The van der Waals surface area contributed by atoms with Crippen molar-refractivity contribution in [3.8, 4) is 0 Å². The van der Waals surface area contributed by atoms with Crippen LogP contribution in [0.2, 0.25) is 0 Å². The average Bonchev–Trinajstić information content (AvgIpc) is 2.48. The Balaban J connectivity index is 1.83. The van der Waals surface area contributed by atoms with Crippen molar-refractivity contribution in [2.75, 3.05) is 38.2 Å². The van der Waals surface area contributed by atoms with Gasteiger partial charge in [0.05, 0.1) is 18.1 Å². The molecular weight excluding hydrogens is 262 g/mol. The van der Waals surface area contributed by atoms with Crippen molar-refractivity contribution in [1.29, 1.82) is 0 Å². The van der Waals surface area contributed by atoms with Crippen LogP contribution in [-0.4, -0.2) is 48.6 Å². The fraction of sp³-hybridized carbons (Fsp3) is 0.462. The molecule has 20 heavy (non-hydrogen) atoms. The molecule has 1 aromatic rings. The standard InChI is InChI=1S/C13H17N3O4/c17-13(15-7-9-20-10-8-15)5-6-14-11-3-1-2-4-12(11)16(18)19/h1-4,14H,5-10H2. The van der Waals surface area contributed by atoms with Gasteiger partial charge in [0.25, 0.3) is 5.69 Å². The number of rotatable bonds is 5. The number of carbonyl (C=O) groups excluding carboxylic acids is 1. The van der Waals surface area contributed by atoms with Crippen LogP contribution in [0.15, 0.2) is 24.3 Å². The highest BCUT2D eigenvalue weighted by Crippen LogP contribution is 2.22. The molecule has 1 saturated heterocycles. The lowest BCUT2D eigenvalue weighted by atomic mass is 10.2. The van der Waals surface area contributed by atoms with Gasteiger partial charge in [-0.05, 0) is 6.07 Å². The molecule has 0 radical (unpaired) electrons. The van der Waals surface area contributed by atoms with Gasteiger partial charge in [0.1, 0.15) is 5.69 Å². The lowest BCUT2D eigenvalue weighted by Crippen LogP contribution is -2.41. The highest BCUT2D eigenvalue weighted by Gasteiger charge is 2.17. The third-order valence-corrected chi connectivity index (χ3v) is 3.12. The molecule has 7 heteroatoms. The fourth-order valence-electron chi connectivity index (χ4n) is 2.06. The molecule has 1 aromatic carbocycles. The zero-order valence-corrected chi connectivity index (χ0v) is 11.1. The first-order valence-electron chi connectivity index (χ1n) is 6.51. The molecule has 0 aromatic heterocycles. The van der Waals surface area contributed by atoms with Crippen molar-refractivity contribution in [3.63, 3.8) is 0 Å². The lowest BCUT2D eigenvalue weighted by molar-refractivity contribution is -0.384. The van der Waals surface area contributed by atoms with E-state index in [1.54, 1.807) is 23.1 Å². The number of carbonyl (C=O) groups is 1. The van der Waals surface area contributed by atoms with E-state index >= 15 is 0 Å². The number of nitro benzene ring substituents is 1. The lowest BCUT2D eigenvalue weighted by Gasteiger charge is -2.26. The van der Waals surface area contributed by atoms with E-state index in [4.69, 9.17) is 4.74 Å². The summed E-state index contributed by atoms with van der Waals surface area (Å²) in [5, 5.41) is 13.8. The Morgan fingerprint density at radius 3 is 2.75 bits per heavy atom. The highest BCUT2D eigenvalue weighted by atomic mass is 16.6. The van der Waals surface area contributed by atoms with E-state index in [0.717, 1.165) is 0 Å². The average molecular weight is 279 g/mol. The Bertz CT molecular complexity index is 486. The molecular formula is C13H17N3O4. The molecule has 0 aliphatic carbocycles. The molecule has 1 amide bonds. The molecule has 2 rings (SSSR count). The first-order chi connectivity index (χ1) is 9.68. The smallest absolute Gasteiger partial charge is 0.292 e. The Morgan fingerprint density at radius 1 is 1.35 bits per heavy atom. The summed E-state index contributed by atoms with van der Waals surface area (Å²) in [5.74, 6) is 0.0411. The fourth-order valence-corrected chi connectivity index (χ4v) is 2.06. The maximum atomic E-state index is 11.9. The van der Waals surface area contributed by atoms with Crippen molar-refractivity contribution < 1.29 is 14.5 Å². The van der Waals surface area contributed by atoms with Crippen LogP contribution >= 0.6 is 0 Å². The first-order valence-corrected chi connectivity index (χ1v) is 6.51. The largest absolute Gasteiger partial charge is 0.379 e. The molecule has 1 fully saturated rings. The van der Waals surface area contributed by atoms with E-state index in [2.05, 4.69) is 5.32 Å². The summed E-state index contributed by atoms with van der Waals surface area (Å²) < 4.78 is 5.18. The third-order valence-electron chi connectivity index (χ3n) is 3.12. The van der Waals surface area contributed by atoms with Gasteiger partial charge in [-0.25, -0.2) is 0 Å². The summed E-state index contributed by atoms with van der Waals surface area (Å²) in [6.45, 7) is 2.75. The van der Waals surface area contributed by atoms with Crippen molar-refractivity contribution >= 4 is 17.3 Å². The predicted molar refractivity (Wildman–Crippen MR) is 73.6 cm³/mol. The van der Waals surface area contributed by atoms with Crippen molar-refractivity contribution in [2.45, 2.75) is 6.42 Å². The number of anilines is 1. The van der Waals surface area contributed by atoms with Crippen LogP contribution in [0, 0.1) is 10.1 Å². The summed E-state index contributed by atoms with van der Waals surface area (Å²) in [5.41, 5.74) is 0.457. The molecule has 1 aliphatic heterocycles. The van der Waals surface area contributed by atoms with E-state index in [1.807, 2.05) is 0 Å². The van der Waals surface area contributed by atoms with Gasteiger partial charge >= 0.3 is 0 Å². The number of nitrogens with one attached hydrogen (secondary N) is 1. The van der Waals surface area contributed by atoms with Gasteiger partial charge < -0.3 is 15.0 Å². The van der Waals surface area contributed by atoms with Crippen LogP contribution in [0.1, 0.15) is 6.42 Å². The van der Waals surface area contributed by atoms with E-state index in [-0.39, 0.29) is 11.6 Å². The van der Waals surface area contributed by atoms with E-state index in [1.165, 1.54) is 6.07 Å². The zero-order valence-electron chi connectivity index (χ0n) is 11.1. The second-order valence-corrected chi connectivity index (χ2v) is 4.44. The van der Waals surface area contributed by atoms with Gasteiger partial charge in [0.15, 0.2) is 0 Å². The Hall–Kier alpha value is -2.15. The van der Waals surface area contributed by atoms with Crippen LogP contribution in [-0.2, 0) is 9.53 Å². The van der Waals surface area contributed by atoms with Crippen LogP contribution in [0.5, 0.6) is 0 Å². The number of ether oxygens (including phenoxy) is 1. The molecule has 7 nitrogen and oxygen atoms in total. The first kappa shape index (κ1) is 14.3. The Labute approximate surface area is 116 Å². The molecule has 0 bridgehead atoms. The van der Waals surface area contributed by atoms with Gasteiger partial charge in [0.2, 0.25) is 5.91 Å². The van der Waals surface area contributed by atoms with Crippen LogP contribution < -0.4 is 5.32 Å². The van der Waals surface area contributed by atoms with E-state index in [0.29, 0.717) is 45.0 Å². The maximum absolute atomic E-state index is 11.9. The molecule has 0 unspecified atom stereocenters. The second kappa shape index (κ2) is 6.85. The monoisotopic (exact) mass is 279 g/mol. The molecule has 1 N–H and O–H groups in total. The van der Waals surface area contributed by atoms with E-state index < -0.39 is 4.92 Å². The maximum Gasteiger partial charge on any atom is 0.292 e. The quantitative estimate of drug-likeness (QED) is 0.648. The summed E-state index contributed by atoms with van der Waals surface area (Å²) in [6.07, 6.45) is 0.312. The molecule has 0 spiro atoms. The zero-order chi connectivity index (χ0) is 14.4. The topological polar surface area (TPSA) is 84.7 Å². The number of hydrogen-bond donors (Lipinski definition) is 1. The van der Waals surface area contributed by atoms with Crippen LogP contribution in [0.3, 0.4) is 0 Å². The minimum atomic E-state index is -0.438. The summed E-state index contributed by atoms with van der Waals surface area (Å²) in [4.78, 5) is 24.1. The molecule has 108 valence electrons. The van der Waals surface area contributed by atoms with Gasteiger partial charge in [-0.2, -0.15) is 0 Å². The number of morpholine rings is 1. The summed E-state index contributed by atoms with van der Waals surface area (Å²) in [6, 6.07) is 6.41. The van der Waals surface area contributed by atoms with Crippen molar-refractivity contribution in [1.82, 2.24) is 4.90 Å². The summed E-state index contributed by atoms with van der Waals surface area (Å²) in [7, 11) is 0. The van der Waals surface area contributed by atoms with Gasteiger partial charge in [-0.3, -0.25) is 14.9 Å². The SMILES string of the molecule is O=C(CCNc1ccccc1[N+](=O)[O-])N1CCOCC1. The second-order valence-electron chi connectivity index (χ2n) is 4.44. The highest BCUT2D eigenvalue weighted by molar-refractivity contribution is 5.77. The van der Waals surface area contributed by atoms with Gasteiger partial charge in [-0.1, -0.05) is 12.1 Å². The normalized spacial score (nSPS) is 14.9. The van der Waals surface area contributed by atoms with Crippen molar-refractivity contribution in [2.24, 2.45) is 0 Å². The molecule has 1 aliphatic rings. The van der Waals surface area contributed by atoms with Gasteiger partial charge in [0, 0.05) is 32.1 Å². The minimum Gasteiger partial charge on any atom is -0.379 e.